The van der Waals surface area contributed by atoms with Gasteiger partial charge in [-0.05, 0) is 38.0 Å². The summed E-state index contributed by atoms with van der Waals surface area (Å²) in [4.78, 5) is 31.8. The molecule has 1 fully saturated rings. The Morgan fingerprint density at radius 2 is 2.09 bits per heavy atom. The molecule has 7 nitrogen and oxygen atoms in total. The summed E-state index contributed by atoms with van der Waals surface area (Å²) in [5, 5.41) is 3.50. The van der Waals surface area contributed by atoms with Crippen molar-refractivity contribution in [3.05, 3.63) is 41.4 Å². The Balaban J connectivity index is 1.67. The quantitative estimate of drug-likeness (QED) is 0.611. The second kappa shape index (κ2) is 9.19. The van der Waals surface area contributed by atoms with Gasteiger partial charge in [-0.15, -0.1) is 0 Å². The lowest BCUT2D eigenvalue weighted by atomic mass is 9.85. The number of aliphatic imine (C=N–C) groups is 1. The van der Waals surface area contributed by atoms with Crippen LogP contribution in [-0.4, -0.2) is 49.7 Å². The van der Waals surface area contributed by atoms with Gasteiger partial charge in [-0.1, -0.05) is 6.92 Å². The Morgan fingerprint density at radius 3 is 2.71 bits per heavy atom. The molecule has 0 spiro atoms. The number of hydrogen-bond acceptors (Lipinski definition) is 5. The molecule has 1 aliphatic carbocycles. The Labute approximate surface area is 196 Å². The highest BCUT2D eigenvalue weighted by atomic mass is 19.3. The number of furan rings is 1. The number of hydrogen-bond donors (Lipinski definition) is 1. The molecule has 34 heavy (non-hydrogen) atoms. The van der Waals surface area contributed by atoms with E-state index in [4.69, 9.17) is 9.15 Å². The van der Waals surface area contributed by atoms with Crippen LogP contribution < -0.4 is 10.2 Å². The van der Waals surface area contributed by atoms with Crippen molar-refractivity contribution in [3.63, 3.8) is 0 Å². The number of dihydropyridines is 1. The van der Waals surface area contributed by atoms with Crippen LogP contribution in [0.1, 0.15) is 49.5 Å². The highest BCUT2D eigenvalue weighted by Gasteiger charge is 2.48. The third-order valence-electron chi connectivity index (χ3n) is 6.57. The molecule has 182 valence electrons. The molecule has 9 heteroatoms. The zero-order valence-corrected chi connectivity index (χ0v) is 19.8. The SMILES string of the molecule is CCc1c(N(CC)C2CC(F)(F)C2)cc2occc2c1C(=O)NCC1C(=O)N=C(C)C=C1OC. The lowest BCUT2D eigenvalue weighted by molar-refractivity contribution is -0.121. The van der Waals surface area contributed by atoms with Gasteiger partial charge >= 0.3 is 0 Å². The van der Waals surface area contributed by atoms with E-state index in [-0.39, 0.29) is 37.2 Å². The Bertz CT molecular complexity index is 1180. The number of allylic oxidation sites excluding steroid dienone is 1. The maximum atomic E-state index is 13.6. The van der Waals surface area contributed by atoms with E-state index in [1.165, 1.54) is 13.4 Å². The largest absolute Gasteiger partial charge is 0.500 e. The van der Waals surface area contributed by atoms with Gasteiger partial charge in [-0.2, -0.15) is 0 Å². The number of fused-ring (bicyclic) bond motifs is 1. The maximum absolute atomic E-state index is 13.6. The lowest BCUT2D eigenvalue weighted by Gasteiger charge is -2.44. The van der Waals surface area contributed by atoms with Gasteiger partial charge in [0.05, 0.1) is 18.9 Å². The van der Waals surface area contributed by atoms with Crippen LogP contribution in [0, 0.1) is 5.92 Å². The number of nitrogens with one attached hydrogen (secondary N) is 1. The second-order valence-corrected chi connectivity index (χ2v) is 8.74. The summed E-state index contributed by atoms with van der Waals surface area (Å²) in [5.74, 6) is -3.67. The van der Waals surface area contributed by atoms with Crippen LogP contribution in [0.15, 0.2) is 39.6 Å². The molecule has 1 aliphatic heterocycles. The minimum Gasteiger partial charge on any atom is -0.500 e. The van der Waals surface area contributed by atoms with Gasteiger partial charge in [0.15, 0.2) is 0 Å². The molecule has 4 rings (SSSR count). The fraction of sp³-hybridized carbons (Fsp3) is 0.480. The van der Waals surface area contributed by atoms with Crippen LogP contribution in [0.4, 0.5) is 14.5 Å². The molecule has 1 saturated carbocycles. The molecular formula is C25H29F2N3O4. The number of rotatable bonds is 8. The van der Waals surface area contributed by atoms with Gasteiger partial charge in [-0.25, -0.2) is 13.8 Å². The van der Waals surface area contributed by atoms with E-state index in [1.807, 2.05) is 24.8 Å². The van der Waals surface area contributed by atoms with Gasteiger partial charge < -0.3 is 19.4 Å². The van der Waals surface area contributed by atoms with Crippen molar-refractivity contribution >= 4 is 34.2 Å². The number of alkyl halides is 2. The number of halogens is 2. The van der Waals surface area contributed by atoms with Crippen molar-refractivity contribution in [2.24, 2.45) is 10.9 Å². The smallest absolute Gasteiger partial charge is 0.258 e. The predicted octanol–water partition coefficient (Wildman–Crippen LogP) is 4.50. The first kappa shape index (κ1) is 23.9. The van der Waals surface area contributed by atoms with Crippen molar-refractivity contribution < 1.29 is 27.5 Å². The number of anilines is 1. The molecule has 1 N–H and O–H groups in total. The molecule has 0 bridgehead atoms. The highest BCUT2D eigenvalue weighted by molar-refractivity contribution is 6.10. The van der Waals surface area contributed by atoms with Crippen LogP contribution in [0.25, 0.3) is 11.0 Å². The van der Waals surface area contributed by atoms with Gasteiger partial charge in [0, 0.05) is 54.8 Å². The first-order valence-corrected chi connectivity index (χ1v) is 11.5. The summed E-state index contributed by atoms with van der Waals surface area (Å²) in [6.45, 7) is 6.10. The Hall–Kier alpha value is -3.23. The van der Waals surface area contributed by atoms with Crippen LogP contribution in [0.3, 0.4) is 0 Å². The number of ether oxygens (including phenoxy) is 1. The van der Waals surface area contributed by atoms with E-state index in [2.05, 4.69) is 10.3 Å². The fourth-order valence-electron chi connectivity index (χ4n) is 4.87. The van der Waals surface area contributed by atoms with Crippen LogP contribution >= 0.6 is 0 Å². The summed E-state index contributed by atoms with van der Waals surface area (Å²) in [6, 6.07) is 3.25. The monoisotopic (exact) mass is 473 g/mol. The molecule has 0 radical (unpaired) electrons. The average molecular weight is 474 g/mol. The minimum absolute atomic E-state index is 0.0210. The number of amides is 2. The van der Waals surface area contributed by atoms with Gasteiger partial charge in [0.1, 0.15) is 17.3 Å². The third-order valence-corrected chi connectivity index (χ3v) is 6.57. The van der Waals surface area contributed by atoms with Crippen molar-refractivity contribution in [1.29, 1.82) is 0 Å². The second-order valence-electron chi connectivity index (χ2n) is 8.74. The molecule has 1 unspecified atom stereocenters. The summed E-state index contributed by atoms with van der Waals surface area (Å²) < 4.78 is 38.2. The summed E-state index contributed by atoms with van der Waals surface area (Å²) in [6.07, 6.45) is 3.29. The van der Waals surface area contributed by atoms with E-state index >= 15 is 0 Å². The van der Waals surface area contributed by atoms with Crippen molar-refractivity contribution in [2.45, 2.75) is 52.0 Å². The van der Waals surface area contributed by atoms with Crippen LogP contribution in [0.2, 0.25) is 0 Å². The van der Waals surface area contributed by atoms with Crippen LogP contribution in [0.5, 0.6) is 0 Å². The number of benzene rings is 1. The Kier molecular flexibility index (Phi) is 6.47. The maximum Gasteiger partial charge on any atom is 0.258 e. The highest BCUT2D eigenvalue weighted by Crippen LogP contribution is 2.44. The summed E-state index contributed by atoms with van der Waals surface area (Å²) in [5.41, 5.74) is 2.97. The molecule has 0 saturated heterocycles. The van der Waals surface area contributed by atoms with Gasteiger partial charge in [-0.3, -0.25) is 9.59 Å². The van der Waals surface area contributed by atoms with Crippen molar-refractivity contribution in [2.75, 3.05) is 25.1 Å². The number of carbonyl (C=O) groups is 2. The average Bonchev–Trinajstić information content (AvgIpc) is 3.24. The van der Waals surface area contributed by atoms with Gasteiger partial charge in [0.25, 0.3) is 17.7 Å². The first-order valence-electron chi connectivity index (χ1n) is 11.5. The van der Waals surface area contributed by atoms with E-state index in [9.17, 15) is 18.4 Å². The summed E-state index contributed by atoms with van der Waals surface area (Å²) in [7, 11) is 1.48. The van der Waals surface area contributed by atoms with Gasteiger partial charge in [0.2, 0.25) is 0 Å². The van der Waals surface area contributed by atoms with Crippen LogP contribution in [-0.2, 0) is 16.0 Å². The van der Waals surface area contributed by atoms with Crippen molar-refractivity contribution in [3.8, 4) is 0 Å². The topological polar surface area (TPSA) is 84.1 Å². The van der Waals surface area contributed by atoms with Crippen molar-refractivity contribution in [1.82, 2.24) is 5.32 Å². The molecular weight excluding hydrogens is 444 g/mol. The zero-order valence-electron chi connectivity index (χ0n) is 19.8. The normalized spacial score (nSPS) is 19.9. The third kappa shape index (κ3) is 4.31. The predicted molar refractivity (Wildman–Crippen MR) is 126 cm³/mol. The van der Waals surface area contributed by atoms with E-state index in [0.717, 1.165) is 11.3 Å². The zero-order chi connectivity index (χ0) is 24.6. The number of nitrogens with zero attached hydrogens (tertiary/aromatic N) is 2. The van der Waals surface area contributed by atoms with E-state index in [0.29, 0.717) is 41.0 Å². The Morgan fingerprint density at radius 1 is 1.35 bits per heavy atom. The molecule has 2 heterocycles. The molecule has 1 atom stereocenters. The minimum atomic E-state index is -2.65. The standard InChI is InChI=1S/C25H29F2N3O4/c1-5-16-19(30(6-2)15-11-25(26,27)12-15)10-21-17(7-8-34-21)22(16)24(32)28-13-18-20(33-4)9-14(3)29-23(18)31/h7-10,15,18H,5-6,11-13H2,1-4H3,(H,28,32). The molecule has 1 aromatic carbocycles. The van der Waals surface area contributed by atoms with E-state index < -0.39 is 11.8 Å². The fourth-order valence-corrected chi connectivity index (χ4v) is 4.87. The number of methoxy groups -OCH3 is 1. The molecule has 2 amide bonds. The summed E-state index contributed by atoms with van der Waals surface area (Å²) >= 11 is 0. The molecule has 2 aliphatic rings. The molecule has 1 aromatic heterocycles. The molecule has 2 aromatic rings. The lowest BCUT2D eigenvalue weighted by Crippen LogP contribution is -2.51. The number of carbonyl (C=O) groups excluding carboxylic acids is 2. The van der Waals surface area contributed by atoms with E-state index in [1.54, 1.807) is 19.1 Å². The first-order chi connectivity index (χ1) is 16.2.